The topological polar surface area (TPSA) is 50.7 Å². The first-order valence-corrected chi connectivity index (χ1v) is 7.63. The summed E-state index contributed by atoms with van der Waals surface area (Å²) in [5.74, 6) is 0.543. The molecule has 1 amide bonds. The number of aryl methyl sites for hydroxylation is 2. The highest BCUT2D eigenvalue weighted by Gasteiger charge is 2.04. The monoisotopic (exact) mass is 310 g/mol. The summed E-state index contributed by atoms with van der Waals surface area (Å²) in [5, 5.41) is 3.99. The first-order chi connectivity index (χ1) is 11.1. The Kier molecular flexibility index (Phi) is 5.92. The van der Waals surface area contributed by atoms with Crippen LogP contribution >= 0.6 is 0 Å². The molecule has 0 radical (unpaired) electrons. The molecule has 0 unspecified atom stereocenters. The summed E-state index contributed by atoms with van der Waals surface area (Å²) in [6.45, 7) is 6.02. The van der Waals surface area contributed by atoms with Crippen LogP contribution < -0.4 is 10.2 Å². The van der Waals surface area contributed by atoms with Crippen molar-refractivity contribution in [1.29, 1.82) is 0 Å². The number of carbonyl (C=O) groups is 1. The summed E-state index contributed by atoms with van der Waals surface area (Å²) >= 11 is 0. The maximum Gasteiger partial charge on any atom is 0.277 e. The van der Waals surface area contributed by atoms with Gasteiger partial charge in [-0.1, -0.05) is 43.3 Å². The van der Waals surface area contributed by atoms with E-state index in [0.29, 0.717) is 5.75 Å². The van der Waals surface area contributed by atoms with Gasteiger partial charge in [0.1, 0.15) is 5.75 Å². The normalized spacial score (nSPS) is 12.1. The molecule has 4 nitrogen and oxygen atoms in total. The Labute approximate surface area is 137 Å². The van der Waals surface area contributed by atoms with Crippen LogP contribution in [0.2, 0.25) is 0 Å². The molecule has 0 aliphatic carbocycles. The van der Waals surface area contributed by atoms with Crippen LogP contribution in [0.1, 0.15) is 29.5 Å². The number of hydrogen-bond donors (Lipinski definition) is 1. The number of carbonyl (C=O) groups excluding carboxylic acids is 1. The van der Waals surface area contributed by atoms with E-state index >= 15 is 0 Å². The van der Waals surface area contributed by atoms with Crippen molar-refractivity contribution in [2.45, 2.75) is 26.7 Å². The molecule has 2 aromatic rings. The standard InChI is InChI=1S/C19H22N2O2/c1-14-9-10-18(11-15(14)2)23-13-19(22)21-20-12-16(3)17-7-5-4-6-8-17/h4-12,16H,13H2,1-3H3,(H,21,22)/b20-12-/t16-/m1/s1. The van der Waals surface area contributed by atoms with E-state index in [4.69, 9.17) is 4.74 Å². The molecule has 0 fully saturated rings. The molecule has 0 spiro atoms. The van der Waals surface area contributed by atoms with Gasteiger partial charge in [0, 0.05) is 12.1 Å². The zero-order valence-electron chi connectivity index (χ0n) is 13.7. The minimum atomic E-state index is -0.278. The molecule has 0 aliphatic rings. The summed E-state index contributed by atoms with van der Waals surface area (Å²) in [4.78, 5) is 11.7. The summed E-state index contributed by atoms with van der Waals surface area (Å²) in [6.07, 6.45) is 1.71. The lowest BCUT2D eigenvalue weighted by Crippen LogP contribution is -2.24. The largest absolute Gasteiger partial charge is 0.484 e. The van der Waals surface area contributed by atoms with E-state index in [1.165, 1.54) is 5.56 Å². The highest BCUT2D eigenvalue weighted by molar-refractivity contribution is 5.79. The third-order valence-corrected chi connectivity index (χ3v) is 3.66. The minimum Gasteiger partial charge on any atom is -0.484 e. The summed E-state index contributed by atoms with van der Waals surface area (Å²) in [5.41, 5.74) is 5.97. The molecule has 0 saturated heterocycles. The van der Waals surface area contributed by atoms with Crippen LogP contribution in [-0.2, 0) is 4.79 Å². The SMILES string of the molecule is Cc1ccc(OCC(=O)N/N=C\[C@@H](C)c2ccccc2)cc1C. The lowest BCUT2D eigenvalue weighted by atomic mass is 10.0. The van der Waals surface area contributed by atoms with Gasteiger partial charge in [-0.05, 0) is 42.7 Å². The quantitative estimate of drug-likeness (QED) is 0.655. The number of nitrogens with one attached hydrogen (secondary N) is 1. The van der Waals surface area contributed by atoms with Gasteiger partial charge in [0.25, 0.3) is 5.91 Å². The molecular formula is C19H22N2O2. The van der Waals surface area contributed by atoms with Gasteiger partial charge in [-0.15, -0.1) is 0 Å². The van der Waals surface area contributed by atoms with Gasteiger partial charge in [0.15, 0.2) is 6.61 Å². The average molecular weight is 310 g/mol. The zero-order chi connectivity index (χ0) is 16.7. The van der Waals surface area contributed by atoms with Gasteiger partial charge >= 0.3 is 0 Å². The van der Waals surface area contributed by atoms with E-state index in [9.17, 15) is 4.79 Å². The first-order valence-electron chi connectivity index (χ1n) is 7.63. The van der Waals surface area contributed by atoms with E-state index in [2.05, 4.69) is 10.5 Å². The molecular weight excluding hydrogens is 288 g/mol. The van der Waals surface area contributed by atoms with Crippen molar-refractivity contribution in [2.75, 3.05) is 6.61 Å². The zero-order valence-corrected chi connectivity index (χ0v) is 13.7. The van der Waals surface area contributed by atoms with E-state index in [1.807, 2.05) is 69.3 Å². The van der Waals surface area contributed by atoms with Crippen molar-refractivity contribution < 1.29 is 9.53 Å². The van der Waals surface area contributed by atoms with Crippen LogP contribution in [-0.4, -0.2) is 18.7 Å². The minimum absolute atomic E-state index is 0.0560. The molecule has 0 bridgehead atoms. The molecule has 0 saturated carbocycles. The van der Waals surface area contributed by atoms with Crippen LogP contribution in [0.15, 0.2) is 53.6 Å². The van der Waals surface area contributed by atoms with Gasteiger partial charge in [-0.2, -0.15) is 5.10 Å². The van der Waals surface area contributed by atoms with Crippen LogP contribution in [0.3, 0.4) is 0 Å². The predicted molar refractivity (Wildman–Crippen MR) is 92.9 cm³/mol. The Morgan fingerprint density at radius 1 is 1.17 bits per heavy atom. The molecule has 23 heavy (non-hydrogen) atoms. The molecule has 1 atom stereocenters. The van der Waals surface area contributed by atoms with E-state index < -0.39 is 0 Å². The molecule has 2 rings (SSSR count). The highest BCUT2D eigenvalue weighted by atomic mass is 16.5. The molecule has 2 aromatic carbocycles. The van der Waals surface area contributed by atoms with E-state index in [-0.39, 0.29) is 18.4 Å². The summed E-state index contributed by atoms with van der Waals surface area (Å²) in [7, 11) is 0. The first kappa shape index (κ1) is 16.7. The molecule has 0 heterocycles. The maximum atomic E-state index is 11.7. The lowest BCUT2D eigenvalue weighted by Gasteiger charge is -2.08. The Morgan fingerprint density at radius 3 is 2.61 bits per heavy atom. The third kappa shape index (κ3) is 5.25. The number of amides is 1. The second kappa shape index (κ2) is 8.13. The van der Waals surface area contributed by atoms with Crippen molar-refractivity contribution in [3.05, 3.63) is 65.2 Å². The Morgan fingerprint density at radius 2 is 1.91 bits per heavy atom. The highest BCUT2D eigenvalue weighted by Crippen LogP contribution is 2.16. The second-order valence-electron chi connectivity index (χ2n) is 5.55. The fraction of sp³-hybridized carbons (Fsp3) is 0.263. The fourth-order valence-corrected chi connectivity index (χ4v) is 2.05. The predicted octanol–water partition coefficient (Wildman–Crippen LogP) is 3.59. The number of ether oxygens (including phenoxy) is 1. The van der Waals surface area contributed by atoms with Gasteiger partial charge in [0.2, 0.25) is 0 Å². The van der Waals surface area contributed by atoms with Crippen molar-refractivity contribution in [1.82, 2.24) is 5.43 Å². The van der Waals surface area contributed by atoms with Gasteiger partial charge < -0.3 is 4.74 Å². The molecule has 1 N–H and O–H groups in total. The maximum absolute atomic E-state index is 11.7. The number of benzene rings is 2. The van der Waals surface area contributed by atoms with E-state index in [1.54, 1.807) is 6.21 Å². The van der Waals surface area contributed by atoms with Gasteiger partial charge in [-0.3, -0.25) is 4.79 Å². The van der Waals surface area contributed by atoms with Crippen molar-refractivity contribution >= 4 is 12.1 Å². The smallest absolute Gasteiger partial charge is 0.277 e. The third-order valence-electron chi connectivity index (χ3n) is 3.66. The molecule has 120 valence electrons. The van der Waals surface area contributed by atoms with Crippen molar-refractivity contribution in [3.63, 3.8) is 0 Å². The Balaban J connectivity index is 1.78. The second-order valence-corrected chi connectivity index (χ2v) is 5.55. The average Bonchev–Trinajstić information content (AvgIpc) is 2.56. The molecule has 0 aromatic heterocycles. The number of rotatable bonds is 6. The lowest BCUT2D eigenvalue weighted by molar-refractivity contribution is -0.123. The molecule has 4 heteroatoms. The van der Waals surface area contributed by atoms with Crippen molar-refractivity contribution in [3.8, 4) is 5.75 Å². The van der Waals surface area contributed by atoms with Crippen LogP contribution in [0, 0.1) is 13.8 Å². The number of nitrogens with zero attached hydrogens (tertiary/aromatic N) is 1. The van der Waals surface area contributed by atoms with Gasteiger partial charge in [0.05, 0.1) is 0 Å². The van der Waals surface area contributed by atoms with Crippen molar-refractivity contribution in [2.24, 2.45) is 5.10 Å². The van der Waals surface area contributed by atoms with Crippen LogP contribution in [0.25, 0.3) is 0 Å². The number of hydrogen-bond acceptors (Lipinski definition) is 3. The van der Waals surface area contributed by atoms with Gasteiger partial charge in [-0.25, -0.2) is 5.43 Å². The number of hydrazone groups is 1. The fourth-order valence-electron chi connectivity index (χ4n) is 2.05. The summed E-state index contributed by atoms with van der Waals surface area (Å²) in [6, 6.07) is 15.7. The Hall–Kier alpha value is -2.62. The van der Waals surface area contributed by atoms with Crippen LogP contribution in [0.4, 0.5) is 0 Å². The Bertz CT molecular complexity index is 681. The van der Waals surface area contributed by atoms with Crippen LogP contribution in [0.5, 0.6) is 5.75 Å². The summed E-state index contributed by atoms with van der Waals surface area (Å²) < 4.78 is 5.46. The molecule has 0 aliphatic heterocycles. The van der Waals surface area contributed by atoms with E-state index in [0.717, 1.165) is 11.1 Å².